The third kappa shape index (κ3) is 2.66. The van der Waals surface area contributed by atoms with E-state index in [1.165, 1.54) is 0 Å². The van der Waals surface area contributed by atoms with Gasteiger partial charge in [-0.25, -0.2) is 9.98 Å². The zero-order valence-electron chi connectivity index (χ0n) is 11.8. The number of aliphatic imine (C=N–C) groups is 1. The Morgan fingerprint density at radius 3 is 2.67 bits per heavy atom. The fourth-order valence-electron chi connectivity index (χ4n) is 2.31. The Labute approximate surface area is 132 Å². The van der Waals surface area contributed by atoms with Gasteiger partial charge in [-0.05, 0) is 32.1 Å². The van der Waals surface area contributed by atoms with Gasteiger partial charge in [0.15, 0.2) is 0 Å². The average Bonchev–Trinajstić information content (AvgIpc) is 2.79. The van der Waals surface area contributed by atoms with Crippen LogP contribution in [0.25, 0.3) is 5.70 Å². The van der Waals surface area contributed by atoms with Crippen LogP contribution in [0.15, 0.2) is 35.3 Å². The molecule has 108 valence electrons. The van der Waals surface area contributed by atoms with Crippen LogP contribution in [0, 0.1) is 13.8 Å². The van der Waals surface area contributed by atoms with Gasteiger partial charge in [0.1, 0.15) is 0 Å². The van der Waals surface area contributed by atoms with E-state index in [0.29, 0.717) is 17.5 Å². The summed E-state index contributed by atoms with van der Waals surface area (Å²) in [7, 11) is 0. The Hall–Kier alpha value is -1.85. The molecule has 2 heterocycles. The number of thiazole rings is 1. The lowest BCUT2D eigenvalue weighted by atomic mass is 10.2. The summed E-state index contributed by atoms with van der Waals surface area (Å²) in [6.07, 6.45) is 2.06. The molecular formula is C15H15ClN4S. The van der Waals surface area contributed by atoms with Crippen molar-refractivity contribution in [2.75, 3.05) is 11.4 Å². The number of halogens is 1. The molecule has 1 aromatic carbocycles. The first-order chi connectivity index (χ1) is 10.1. The van der Waals surface area contributed by atoms with E-state index in [2.05, 4.69) is 16.1 Å². The number of benzene rings is 1. The predicted molar refractivity (Wildman–Crippen MR) is 90.0 cm³/mol. The zero-order valence-corrected chi connectivity index (χ0v) is 13.4. The van der Waals surface area contributed by atoms with Gasteiger partial charge < -0.3 is 10.6 Å². The normalized spacial score (nSPS) is 14.9. The molecule has 4 nitrogen and oxygen atoms in total. The molecule has 0 atom stereocenters. The number of aromatic nitrogens is 1. The number of anilines is 1. The highest BCUT2D eigenvalue weighted by atomic mass is 35.5. The number of hydrogen-bond acceptors (Lipinski definition) is 5. The van der Waals surface area contributed by atoms with E-state index in [0.717, 1.165) is 27.0 Å². The van der Waals surface area contributed by atoms with Gasteiger partial charge in [0.25, 0.3) is 0 Å². The van der Waals surface area contributed by atoms with Crippen LogP contribution in [0.1, 0.15) is 15.6 Å². The molecule has 0 saturated heterocycles. The van der Waals surface area contributed by atoms with E-state index in [9.17, 15) is 0 Å². The second-order valence-corrected chi connectivity index (χ2v) is 6.38. The van der Waals surface area contributed by atoms with Crippen molar-refractivity contribution >= 4 is 40.3 Å². The van der Waals surface area contributed by atoms with Crippen molar-refractivity contribution < 1.29 is 0 Å². The van der Waals surface area contributed by atoms with E-state index in [4.69, 9.17) is 17.3 Å². The Bertz CT molecular complexity index is 748. The lowest BCUT2D eigenvalue weighted by Gasteiger charge is -2.26. The highest BCUT2D eigenvalue weighted by molar-refractivity contribution is 7.12. The summed E-state index contributed by atoms with van der Waals surface area (Å²) in [5.74, 6) is 0.450. The van der Waals surface area contributed by atoms with Gasteiger partial charge in [-0.3, -0.25) is 0 Å². The van der Waals surface area contributed by atoms with Crippen LogP contribution in [0.5, 0.6) is 0 Å². The summed E-state index contributed by atoms with van der Waals surface area (Å²) in [4.78, 5) is 11.9. The molecule has 1 aliphatic rings. The van der Waals surface area contributed by atoms with Crippen molar-refractivity contribution in [2.45, 2.75) is 13.8 Å². The van der Waals surface area contributed by atoms with Gasteiger partial charge in [0, 0.05) is 6.54 Å². The van der Waals surface area contributed by atoms with Crippen LogP contribution in [-0.4, -0.2) is 17.5 Å². The minimum Gasteiger partial charge on any atom is -0.369 e. The van der Waals surface area contributed by atoms with Crippen LogP contribution in [-0.2, 0) is 0 Å². The van der Waals surface area contributed by atoms with Crippen LogP contribution in [0.2, 0.25) is 5.02 Å². The maximum absolute atomic E-state index is 6.22. The van der Waals surface area contributed by atoms with Crippen LogP contribution in [0.3, 0.4) is 0 Å². The van der Waals surface area contributed by atoms with Gasteiger partial charge in [0.05, 0.1) is 32.0 Å². The molecule has 0 spiro atoms. The first kappa shape index (κ1) is 14.1. The molecule has 0 bridgehead atoms. The molecule has 0 unspecified atom stereocenters. The Morgan fingerprint density at radius 1 is 1.29 bits per heavy atom. The molecule has 6 heteroatoms. The molecule has 2 N–H and O–H groups in total. The number of nitrogens with zero attached hydrogens (tertiary/aromatic N) is 3. The number of para-hydroxylation sites is 1. The summed E-state index contributed by atoms with van der Waals surface area (Å²) in [6, 6.07) is 7.62. The first-order valence-electron chi connectivity index (χ1n) is 6.57. The lowest BCUT2D eigenvalue weighted by Crippen LogP contribution is -2.39. The molecule has 0 aliphatic carbocycles. The summed E-state index contributed by atoms with van der Waals surface area (Å²) < 4.78 is 0. The van der Waals surface area contributed by atoms with Crippen LogP contribution < -0.4 is 10.6 Å². The molecule has 0 amide bonds. The van der Waals surface area contributed by atoms with E-state index in [-0.39, 0.29) is 0 Å². The number of aryl methyl sites for hydroxylation is 2. The number of guanidine groups is 1. The van der Waals surface area contributed by atoms with Gasteiger partial charge >= 0.3 is 0 Å². The smallest absolute Gasteiger partial charge is 0.201 e. The number of rotatable bonds is 2. The van der Waals surface area contributed by atoms with E-state index in [1.807, 2.05) is 43.0 Å². The van der Waals surface area contributed by atoms with Crippen molar-refractivity contribution in [1.82, 2.24) is 4.98 Å². The van der Waals surface area contributed by atoms with Crippen LogP contribution in [0.4, 0.5) is 5.69 Å². The molecule has 1 aromatic heterocycles. The Balaban J connectivity index is 1.93. The minimum atomic E-state index is 0.450. The van der Waals surface area contributed by atoms with Crippen molar-refractivity contribution in [3.63, 3.8) is 0 Å². The van der Waals surface area contributed by atoms with E-state index >= 15 is 0 Å². The Kier molecular flexibility index (Phi) is 3.69. The predicted octanol–water partition coefficient (Wildman–Crippen LogP) is 3.59. The molecule has 0 radical (unpaired) electrons. The first-order valence-corrected chi connectivity index (χ1v) is 7.76. The Morgan fingerprint density at radius 2 is 2.05 bits per heavy atom. The van der Waals surface area contributed by atoms with Crippen molar-refractivity contribution in [3.8, 4) is 0 Å². The van der Waals surface area contributed by atoms with Crippen molar-refractivity contribution in [1.29, 1.82) is 0 Å². The number of hydrogen-bond donors (Lipinski definition) is 1. The fourth-order valence-corrected chi connectivity index (χ4v) is 3.45. The van der Waals surface area contributed by atoms with Crippen molar-refractivity contribution in [2.24, 2.45) is 10.7 Å². The third-order valence-electron chi connectivity index (χ3n) is 3.26. The fraction of sp³-hybridized carbons (Fsp3) is 0.200. The molecule has 0 fully saturated rings. The molecule has 2 aromatic rings. The highest BCUT2D eigenvalue weighted by Crippen LogP contribution is 2.31. The maximum atomic E-state index is 6.22. The zero-order chi connectivity index (χ0) is 15.0. The van der Waals surface area contributed by atoms with Gasteiger partial charge in [-0.2, -0.15) is 0 Å². The summed E-state index contributed by atoms with van der Waals surface area (Å²) >= 11 is 7.86. The second-order valence-electron chi connectivity index (χ2n) is 4.77. The summed E-state index contributed by atoms with van der Waals surface area (Å²) in [5, 5.41) is 1.70. The van der Waals surface area contributed by atoms with E-state index < -0.39 is 0 Å². The monoisotopic (exact) mass is 318 g/mol. The minimum absolute atomic E-state index is 0.450. The van der Waals surface area contributed by atoms with Gasteiger partial charge in [0.2, 0.25) is 5.96 Å². The lowest BCUT2D eigenvalue weighted by molar-refractivity contribution is 1.09. The van der Waals surface area contributed by atoms with Gasteiger partial charge in [-0.1, -0.05) is 23.7 Å². The quantitative estimate of drug-likeness (QED) is 0.920. The largest absolute Gasteiger partial charge is 0.369 e. The molecule has 1 aliphatic heterocycles. The third-order valence-corrected chi connectivity index (χ3v) is 4.67. The van der Waals surface area contributed by atoms with E-state index in [1.54, 1.807) is 11.3 Å². The van der Waals surface area contributed by atoms with Crippen molar-refractivity contribution in [3.05, 3.63) is 50.9 Å². The topological polar surface area (TPSA) is 54.5 Å². The SMILES string of the molecule is Cc1nc(C)c(C2=CCN(c3ccccc3Cl)C(N)=N2)s1. The molecule has 21 heavy (non-hydrogen) atoms. The number of nitrogens with two attached hydrogens (primary N) is 1. The van der Waals surface area contributed by atoms with Gasteiger partial charge in [-0.15, -0.1) is 11.3 Å². The summed E-state index contributed by atoms with van der Waals surface area (Å²) in [5.41, 5.74) is 8.87. The summed E-state index contributed by atoms with van der Waals surface area (Å²) in [6.45, 7) is 4.63. The molecule has 0 saturated carbocycles. The average molecular weight is 319 g/mol. The highest BCUT2D eigenvalue weighted by Gasteiger charge is 2.20. The molecule has 3 rings (SSSR count). The van der Waals surface area contributed by atoms with Crippen LogP contribution >= 0.6 is 22.9 Å². The molecular weight excluding hydrogens is 304 g/mol. The maximum Gasteiger partial charge on any atom is 0.201 e. The second kappa shape index (κ2) is 5.50. The standard InChI is InChI=1S/C15H15ClN4S/c1-9-14(21-10(2)18-9)12-7-8-20(15(17)19-12)13-6-4-3-5-11(13)16/h3-7H,8H2,1-2H3,(H2,17,19).